The van der Waals surface area contributed by atoms with E-state index in [1.807, 2.05) is 0 Å². The van der Waals surface area contributed by atoms with Crippen molar-refractivity contribution in [3.05, 3.63) is 23.5 Å². The Bertz CT molecular complexity index is 598. The molecule has 0 spiro atoms. The highest BCUT2D eigenvalue weighted by Crippen LogP contribution is 2.10. The molecule has 1 aromatic heterocycles. The molecule has 0 aromatic carbocycles. The zero-order valence-electron chi connectivity index (χ0n) is 9.42. The summed E-state index contributed by atoms with van der Waals surface area (Å²) in [4.78, 5) is 3.56. The topological polar surface area (TPSA) is 105 Å². The molecule has 2 N–H and O–H groups in total. The van der Waals surface area contributed by atoms with Crippen molar-refractivity contribution in [1.29, 1.82) is 0 Å². The maximum atomic E-state index is 11.7. The van der Waals surface area contributed by atoms with Crippen LogP contribution in [0.15, 0.2) is 23.2 Å². The molecule has 0 radical (unpaired) electrons. The van der Waals surface area contributed by atoms with Crippen LogP contribution in [0.25, 0.3) is 0 Å². The van der Waals surface area contributed by atoms with E-state index in [2.05, 4.69) is 14.4 Å². The Hall–Kier alpha value is -0.740. The fraction of sp³-hybridized carbons (Fsp3) is 0.375. The van der Waals surface area contributed by atoms with Gasteiger partial charge in [0.25, 0.3) is 0 Å². The number of hydrogen-bond donors (Lipinski definition) is 2. The van der Waals surface area contributed by atoms with Crippen molar-refractivity contribution in [2.24, 2.45) is 0 Å². The first kappa shape index (κ1) is 15.3. The lowest BCUT2D eigenvalue weighted by Gasteiger charge is -2.06. The van der Waals surface area contributed by atoms with Gasteiger partial charge in [-0.1, -0.05) is 11.6 Å². The summed E-state index contributed by atoms with van der Waals surface area (Å²) in [5.41, 5.74) is 0. The van der Waals surface area contributed by atoms with E-state index >= 15 is 0 Å². The van der Waals surface area contributed by atoms with Crippen LogP contribution in [-0.2, 0) is 20.0 Å². The summed E-state index contributed by atoms with van der Waals surface area (Å²) < 4.78 is 49.8. The number of sulfonamides is 2. The van der Waals surface area contributed by atoms with Gasteiger partial charge in [-0.25, -0.2) is 31.3 Å². The van der Waals surface area contributed by atoms with E-state index in [-0.39, 0.29) is 22.3 Å². The molecule has 0 fully saturated rings. The highest BCUT2D eigenvalue weighted by molar-refractivity contribution is 7.90. The average molecular weight is 314 g/mol. The standard InChI is InChI=1S/C8H12ClN3O4S2/c1-10-17(13,14)5-4-12-18(15,16)7-2-3-8(9)11-6-7/h2-3,6,10,12H,4-5H2,1H3. The summed E-state index contributed by atoms with van der Waals surface area (Å²) >= 11 is 5.53. The van der Waals surface area contributed by atoms with Crippen LogP contribution in [0.1, 0.15) is 0 Å². The van der Waals surface area contributed by atoms with Gasteiger partial charge in [-0.05, 0) is 19.2 Å². The number of hydrogen-bond acceptors (Lipinski definition) is 5. The molecule has 0 amide bonds. The minimum Gasteiger partial charge on any atom is -0.243 e. The van der Waals surface area contributed by atoms with Crippen LogP contribution >= 0.6 is 11.6 Å². The maximum absolute atomic E-state index is 11.7. The molecule has 0 saturated carbocycles. The molecular weight excluding hydrogens is 302 g/mol. The van der Waals surface area contributed by atoms with Crippen LogP contribution in [0.5, 0.6) is 0 Å². The Labute approximate surface area is 111 Å². The van der Waals surface area contributed by atoms with Crippen molar-refractivity contribution >= 4 is 31.6 Å². The largest absolute Gasteiger partial charge is 0.243 e. The Balaban J connectivity index is 2.69. The summed E-state index contributed by atoms with van der Waals surface area (Å²) in [6.07, 6.45) is 1.09. The zero-order valence-corrected chi connectivity index (χ0v) is 11.8. The monoisotopic (exact) mass is 313 g/mol. The third-order valence-corrected chi connectivity index (χ3v) is 5.02. The number of aromatic nitrogens is 1. The molecule has 0 saturated heterocycles. The van der Waals surface area contributed by atoms with Crippen LogP contribution in [0.3, 0.4) is 0 Å². The van der Waals surface area contributed by atoms with E-state index in [1.165, 1.54) is 19.2 Å². The zero-order chi connectivity index (χ0) is 13.8. The van der Waals surface area contributed by atoms with E-state index < -0.39 is 20.0 Å². The summed E-state index contributed by atoms with van der Waals surface area (Å²) in [7, 11) is -5.96. The normalized spacial score (nSPS) is 12.6. The summed E-state index contributed by atoms with van der Waals surface area (Å²) in [5, 5.41) is 0.173. The highest BCUT2D eigenvalue weighted by Gasteiger charge is 2.15. The van der Waals surface area contributed by atoms with E-state index in [0.29, 0.717) is 0 Å². The summed E-state index contributed by atoms with van der Waals surface area (Å²) in [5.74, 6) is -0.344. The lowest BCUT2D eigenvalue weighted by molar-refractivity contribution is 0.578. The SMILES string of the molecule is CNS(=O)(=O)CCNS(=O)(=O)c1ccc(Cl)nc1. The van der Waals surface area contributed by atoms with Crippen molar-refractivity contribution in [3.63, 3.8) is 0 Å². The second-order valence-corrected chi connectivity index (χ2v) is 7.44. The van der Waals surface area contributed by atoms with Gasteiger partial charge in [0.2, 0.25) is 20.0 Å². The molecule has 1 heterocycles. The average Bonchev–Trinajstić information content (AvgIpc) is 2.29. The van der Waals surface area contributed by atoms with Crippen molar-refractivity contribution in [2.75, 3.05) is 19.3 Å². The Morgan fingerprint density at radius 2 is 1.94 bits per heavy atom. The minimum atomic E-state index is -3.77. The van der Waals surface area contributed by atoms with Gasteiger partial charge >= 0.3 is 0 Å². The molecule has 0 bridgehead atoms. The van der Waals surface area contributed by atoms with Gasteiger partial charge in [0.1, 0.15) is 10.0 Å². The molecule has 1 rings (SSSR count). The van der Waals surface area contributed by atoms with Crippen LogP contribution < -0.4 is 9.44 Å². The van der Waals surface area contributed by atoms with Crippen LogP contribution in [-0.4, -0.2) is 41.2 Å². The summed E-state index contributed by atoms with van der Waals surface area (Å²) in [6, 6.07) is 2.62. The first-order valence-electron chi connectivity index (χ1n) is 4.79. The first-order valence-corrected chi connectivity index (χ1v) is 8.30. The third kappa shape index (κ3) is 4.50. The van der Waals surface area contributed by atoms with Crippen LogP contribution in [0.4, 0.5) is 0 Å². The summed E-state index contributed by atoms with van der Waals surface area (Å²) in [6.45, 7) is -0.228. The second kappa shape index (κ2) is 5.93. The first-order chi connectivity index (χ1) is 8.27. The molecule has 7 nitrogen and oxygen atoms in total. The van der Waals surface area contributed by atoms with Crippen molar-refractivity contribution < 1.29 is 16.8 Å². The molecule has 0 aliphatic carbocycles. The smallest absolute Gasteiger partial charge is 0.242 e. The molecule has 0 atom stereocenters. The molecule has 10 heteroatoms. The number of nitrogens with zero attached hydrogens (tertiary/aromatic N) is 1. The van der Waals surface area contributed by atoms with Crippen LogP contribution in [0.2, 0.25) is 5.15 Å². The molecular formula is C8H12ClN3O4S2. The molecule has 0 aliphatic heterocycles. The van der Waals surface area contributed by atoms with Gasteiger partial charge < -0.3 is 0 Å². The molecule has 1 aromatic rings. The predicted octanol–water partition coefficient (Wildman–Crippen LogP) is -0.437. The van der Waals surface area contributed by atoms with Gasteiger partial charge in [-0.3, -0.25) is 0 Å². The number of pyridine rings is 1. The van der Waals surface area contributed by atoms with Crippen molar-refractivity contribution in [3.8, 4) is 0 Å². The molecule has 102 valence electrons. The number of rotatable bonds is 6. The lowest BCUT2D eigenvalue weighted by Crippen LogP contribution is -2.33. The fourth-order valence-corrected chi connectivity index (χ4v) is 2.81. The molecule has 0 aliphatic rings. The number of halogens is 1. The Morgan fingerprint density at radius 1 is 1.28 bits per heavy atom. The lowest BCUT2D eigenvalue weighted by atomic mass is 10.5. The van der Waals surface area contributed by atoms with Gasteiger partial charge in [-0.2, -0.15) is 0 Å². The van der Waals surface area contributed by atoms with E-state index in [4.69, 9.17) is 11.6 Å². The van der Waals surface area contributed by atoms with Crippen molar-refractivity contribution in [1.82, 2.24) is 14.4 Å². The number of nitrogens with one attached hydrogen (secondary N) is 2. The van der Waals surface area contributed by atoms with Crippen molar-refractivity contribution in [2.45, 2.75) is 4.90 Å². The minimum absolute atomic E-state index is 0.0752. The highest BCUT2D eigenvalue weighted by atomic mass is 35.5. The maximum Gasteiger partial charge on any atom is 0.242 e. The molecule has 18 heavy (non-hydrogen) atoms. The second-order valence-electron chi connectivity index (χ2n) is 3.24. The van der Waals surface area contributed by atoms with Gasteiger partial charge in [0.15, 0.2) is 0 Å². The fourth-order valence-electron chi connectivity index (χ4n) is 1.02. The van der Waals surface area contributed by atoms with E-state index in [9.17, 15) is 16.8 Å². The van der Waals surface area contributed by atoms with E-state index in [0.717, 1.165) is 6.20 Å². The predicted molar refractivity (Wildman–Crippen MR) is 67.3 cm³/mol. The third-order valence-electron chi connectivity index (χ3n) is 1.98. The van der Waals surface area contributed by atoms with E-state index in [1.54, 1.807) is 0 Å². The van der Waals surface area contributed by atoms with Gasteiger partial charge in [0, 0.05) is 12.7 Å². The molecule has 0 unspecified atom stereocenters. The Morgan fingerprint density at radius 3 is 2.44 bits per heavy atom. The van der Waals surface area contributed by atoms with Crippen LogP contribution in [0, 0.1) is 0 Å². The van der Waals surface area contributed by atoms with Gasteiger partial charge in [0.05, 0.1) is 5.75 Å². The van der Waals surface area contributed by atoms with Gasteiger partial charge in [-0.15, -0.1) is 0 Å². The Kier molecular flexibility index (Phi) is 5.05. The quantitative estimate of drug-likeness (QED) is 0.693.